The second kappa shape index (κ2) is 33.0. The first-order valence-corrected chi connectivity index (χ1v) is 17.6. The highest BCUT2D eigenvalue weighted by Crippen LogP contribution is 2.12. The molecule has 6 nitrogen and oxygen atoms in total. The SMILES string of the molecule is CCCCCCCC/C=C/C/C=C/C=C/C(O)CCCC(=O)OC[C@H](O)COC(=O)CCCCCCCCCCCCC. The highest BCUT2D eigenvalue weighted by atomic mass is 16.6. The van der Waals surface area contributed by atoms with Crippen molar-refractivity contribution in [2.45, 2.75) is 174 Å². The van der Waals surface area contributed by atoms with Crippen LogP contribution in [-0.4, -0.2) is 47.6 Å². The fourth-order valence-corrected chi connectivity index (χ4v) is 4.74. The molecule has 0 aromatic carbocycles. The van der Waals surface area contributed by atoms with Crippen LogP contribution in [0.2, 0.25) is 0 Å². The smallest absolute Gasteiger partial charge is 0.305 e. The van der Waals surface area contributed by atoms with Crippen LogP contribution in [0.4, 0.5) is 0 Å². The summed E-state index contributed by atoms with van der Waals surface area (Å²) in [6, 6.07) is 0. The fraction of sp³-hybridized carbons (Fsp3) is 0.784. The molecule has 1 unspecified atom stereocenters. The predicted octanol–water partition coefficient (Wildman–Crippen LogP) is 9.48. The molecule has 2 atom stereocenters. The third-order valence-electron chi connectivity index (χ3n) is 7.48. The standard InChI is InChI=1S/C37H66O6/c1-3-5-7-9-11-13-15-16-18-19-21-23-25-28-34(38)29-27-31-37(41)43-33-35(39)32-42-36(40)30-26-24-22-20-17-14-12-10-8-6-4-2/h16,18,21,23,25,28,34-35,38-39H,3-15,17,19-20,22,24,26-27,29-33H2,1-2H3/b18-16+,23-21+,28-25+/t34?,35-/m1/s1. The maximum atomic E-state index is 11.9. The summed E-state index contributed by atoms with van der Waals surface area (Å²) in [5.41, 5.74) is 0. The van der Waals surface area contributed by atoms with Gasteiger partial charge in [-0.15, -0.1) is 0 Å². The summed E-state index contributed by atoms with van der Waals surface area (Å²) in [5, 5.41) is 20.0. The molecule has 250 valence electrons. The summed E-state index contributed by atoms with van der Waals surface area (Å²) in [5.74, 6) is -0.756. The lowest BCUT2D eigenvalue weighted by atomic mass is 10.1. The first-order chi connectivity index (χ1) is 21.0. The number of esters is 2. The molecule has 0 aliphatic carbocycles. The van der Waals surface area contributed by atoms with Crippen molar-refractivity contribution >= 4 is 11.9 Å². The minimum absolute atomic E-state index is 0.162. The van der Waals surface area contributed by atoms with E-state index in [2.05, 4.69) is 32.1 Å². The molecule has 0 aromatic heterocycles. The second-order valence-corrected chi connectivity index (χ2v) is 11.8. The van der Waals surface area contributed by atoms with E-state index in [1.54, 1.807) is 6.08 Å². The number of unbranched alkanes of at least 4 members (excludes halogenated alkanes) is 16. The molecule has 0 aliphatic heterocycles. The van der Waals surface area contributed by atoms with Gasteiger partial charge in [-0.2, -0.15) is 0 Å². The summed E-state index contributed by atoms with van der Waals surface area (Å²) in [6.07, 6.45) is 35.1. The van der Waals surface area contributed by atoms with Gasteiger partial charge in [-0.25, -0.2) is 0 Å². The average Bonchev–Trinajstić information content (AvgIpc) is 3.00. The number of carbonyl (C=O) groups is 2. The molecule has 0 aliphatic rings. The van der Waals surface area contributed by atoms with E-state index in [0.29, 0.717) is 19.3 Å². The number of hydrogen-bond acceptors (Lipinski definition) is 6. The van der Waals surface area contributed by atoms with Crippen LogP contribution in [-0.2, 0) is 19.1 Å². The van der Waals surface area contributed by atoms with E-state index in [1.165, 1.54) is 89.9 Å². The molecule has 0 heterocycles. The van der Waals surface area contributed by atoms with Crippen molar-refractivity contribution in [3.8, 4) is 0 Å². The number of aliphatic hydroxyl groups is 2. The van der Waals surface area contributed by atoms with Crippen LogP contribution in [0.5, 0.6) is 0 Å². The van der Waals surface area contributed by atoms with Gasteiger partial charge in [0.05, 0.1) is 6.10 Å². The Morgan fingerprint density at radius 3 is 1.63 bits per heavy atom. The van der Waals surface area contributed by atoms with E-state index in [1.807, 2.05) is 12.2 Å². The Kier molecular flexibility index (Phi) is 31.5. The van der Waals surface area contributed by atoms with Gasteiger partial charge < -0.3 is 19.7 Å². The lowest BCUT2D eigenvalue weighted by molar-refractivity contribution is -0.152. The van der Waals surface area contributed by atoms with Crippen molar-refractivity contribution in [3.63, 3.8) is 0 Å². The number of rotatable bonds is 31. The van der Waals surface area contributed by atoms with Crippen LogP contribution in [0.25, 0.3) is 0 Å². The van der Waals surface area contributed by atoms with Crippen LogP contribution in [0.15, 0.2) is 36.5 Å². The topological polar surface area (TPSA) is 93.1 Å². The van der Waals surface area contributed by atoms with E-state index in [0.717, 1.165) is 32.1 Å². The van der Waals surface area contributed by atoms with Gasteiger partial charge in [0.1, 0.15) is 19.3 Å². The Hall–Kier alpha value is -1.92. The lowest BCUT2D eigenvalue weighted by Crippen LogP contribution is -2.25. The van der Waals surface area contributed by atoms with Gasteiger partial charge in [-0.05, 0) is 38.5 Å². The highest BCUT2D eigenvalue weighted by Gasteiger charge is 2.12. The zero-order valence-electron chi connectivity index (χ0n) is 27.8. The molecular weight excluding hydrogens is 540 g/mol. The Morgan fingerprint density at radius 2 is 1.07 bits per heavy atom. The quantitative estimate of drug-likeness (QED) is 0.0353. The van der Waals surface area contributed by atoms with Gasteiger partial charge >= 0.3 is 11.9 Å². The third kappa shape index (κ3) is 32.8. The molecule has 0 aromatic rings. The molecule has 0 saturated carbocycles. The molecule has 0 radical (unpaired) electrons. The van der Waals surface area contributed by atoms with Crippen molar-refractivity contribution < 1.29 is 29.3 Å². The van der Waals surface area contributed by atoms with Gasteiger partial charge in [0.25, 0.3) is 0 Å². The normalized spacial score (nSPS) is 13.3. The number of hydrogen-bond donors (Lipinski definition) is 2. The first kappa shape index (κ1) is 41.1. The number of allylic oxidation sites excluding steroid dienone is 5. The molecule has 0 spiro atoms. The molecule has 0 rings (SSSR count). The van der Waals surface area contributed by atoms with Gasteiger partial charge in [0, 0.05) is 12.8 Å². The van der Waals surface area contributed by atoms with Gasteiger partial charge in [0.2, 0.25) is 0 Å². The zero-order chi connectivity index (χ0) is 31.6. The van der Waals surface area contributed by atoms with E-state index >= 15 is 0 Å². The molecule has 43 heavy (non-hydrogen) atoms. The number of aliphatic hydroxyl groups excluding tert-OH is 2. The average molecular weight is 607 g/mol. The van der Waals surface area contributed by atoms with Gasteiger partial charge in [0.15, 0.2) is 0 Å². The van der Waals surface area contributed by atoms with E-state index < -0.39 is 18.2 Å². The summed E-state index contributed by atoms with van der Waals surface area (Å²) >= 11 is 0. The number of ether oxygens (including phenoxy) is 2. The Labute approximate surface area is 264 Å². The molecular formula is C37H66O6. The van der Waals surface area contributed by atoms with Crippen molar-refractivity contribution in [3.05, 3.63) is 36.5 Å². The molecule has 0 amide bonds. The lowest BCUT2D eigenvalue weighted by Gasteiger charge is -2.12. The molecule has 6 heteroatoms. The van der Waals surface area contributed by atoms with Crippen molar-refractivity contribution in [1.29, 1.82) is 0 Å². The summed E-state index contributed by atoms with van der Waals surface area (Å²) in [4.78, 5) is 23.8. The monoisotopic (exact) mass is 606 g/mol. The minimum atomic E-state index is -1.03. The minimum Gasteiger partial charge on any atom is -0.463 e. The zero-order valence-corrected chi connectivity index (χ0v) is 27.8. The van der Waals surface area contributed by atoms with E-state index in [9.17, 15) is 19.8 Å². The predicted molar refractivity (Wildman–Crippen MR) is 179 cm³/mol. The third-order valence-corrected chi connectivity index (χ3v) is 7.48. The first-order valence-electron chi connectivity index (χ1n) is 17.6. The maximum absolute atomic E-state index is 11.9. The second-order valence-electron chi connectivity index (χ2n) is 11.8. The maximum Gasteiger partial charge on any atom is 0.305 e. The summed E-state index contributed by atoms with van der Waals surface area (Å²) in [7, 11) is 0. The van der Waals surface area contributed by atoms with Crippen LogP contribution >= 0.6 is 0 Å². The Balaban J connectivity index is 3.66. The van der Waals surface area contributed by atoms with Crippen LogP contribution in [0, 0.1) is 0 Å². The molecule has 0 saturated heterocycles. The van der Waals surface area contributed by atoms with Crippen LogP contribution in [0.3, 0.4) is 0 Å². The number of carbonyl (C=O) groups excluding carboxylic acids is 2. The Morgan fingerprint density at radius 1 is 0.581 bits per heavy atom. The van der Waals surface area contributed by atoms with Crippen LogP contribution < -0.4 is 0 Å². The highest BCUT2D eigenvalue weighted by molar-refractivity contribution is 5.69. The molecule has 0 bridgehead atoms. The van der Waals surface area contributed by atoms with Crippen molar-refractivity contribution in [1.82, 2.24) is 0 Å². The van der Waals surface area contributed by atoms with Crippen LogP contribution in [0.1, 0.15) is 162 Å². The Bertz CT molecular complexity index is 714. The van der Waals surface area contributed by atoms with E-state index in [-0.39, 0.29) is 25.6 Å². The summed E-state index contributed by atoms with van der Waals surface area (Å²) < 4.78 is 10.2. The van der Waals surface area contributed by atoms with Gasteiger partial charge in [-0.1, -0.05) is 147 Å². The largest absolute Gasteiger partial charge is 0.463 e. The molecule has 2 N–H and O–H groups in total. The summed E-state index contributed by atoms with van der Waals surface area (Å²) in [6.45, 7) is 4.11. The fourth-order valence-electron chi connectivity index (χ4n) is 4.74. The van der Waals surface area contributed by atoms with E-state index in [4.69, 9.17) is 9.47 Å². The van der Waals surface area contributed by atoms with Crippen molar-refractivity contribution in [2.75, 3.05) is 13.2 Å². The van der Waals surface area contributed by atoms with Crippen molar-refractivity contribution in [2.24, 2.45) is 0 Å². The molecule has 0 fully saturated rings. The van der Waals surface area contributed by atoms with Gasteiger partial charge in [-0.3, -0.25) is 9.59 Å².